The van der Waals surface area contributed by atoms with E-state index in [0.29, 0.717) is 11.3 Å². The number of hydrogen-bond donors (Lipinski definition) is 3. The zero-order valence-corrected chi connectivity index (χ0v) is 11.9. The highest BCUT2D eigenvalue weighted by molar-refractivity contribution is 5.97. The van der Waals surface area contributed by atoms with Gasteiger partial charge in [-0.15, -0.1) is 0 Å². The number of benzene rings is 1. The van der Waals surface area contributed by atoms with Crippen molar-refractivity contribution in [2.75, 3.05) is 5.32 Å². The normalized spacial score (nSPS) is 10.9. The van der Waals surface area contributed by atoms with Gasteiger partial charge in [0.2, 0.25) is 0 Å². The number of nitrogens with one attached hydrogen (secondary N) is 2. The molecular weight excluding hydrogens is 270 g/mol. The molecule has 0 bridgehead atoms. The molecule has 110 valence electrons. The van der Waals surface area contributed by atoms with Crippen LogP contribution in [0.2, 0.25) is 0 Å². The molecule has 0 unspecified atom stereocenters. The maximum Gasteiger partial charge on any atom is 0.307 e. The zero-order valence-electron chi connectivity index (χ0n) is 11.9. The fraction of sp³-hybridized carbons (Fsp3) is 0.267. The minimum absolute atomic E-state index is 0.0293. The third-order valence-corrected chi connectivity index (χ3v) is 2.48. The average Bonchev–Trinajstić information content (AvgIpc) is 2.40. The molecule has 1 rings (SSSR count). The second-order valence-corrected chi connectivity index (χ2v) is 4.71. The van der Waals surface area contributed by atoms with Crippen LogP contribution in [0.15, 0.2) is 36.0 Å². The third kappa shape index (κ3) is 5.78. The number of carboxylic acids is 1. The highest BCUT2D eigenvalue weighted by Crippen LogP contribution is 2.10. The first-order valence-electron chi connectivity index (χ1n) is 6.40. The Hall–Kier alpha value is -2.81. The molecule has 0 saturated heterocycles. The van der Waals surface area contributed by atoms with Gasteiger partial charge in [0, 0.05) is 17.9 Å². The van der Waals surface area contributed by atoms with E-state index in [-0.39, 0.29) is 18.0 Å². The summed E-state index contributed by atoms with van der Waals surface area (Å²) in [5.74, 6) is -1.34. The van der Waals surface area contributed by atoms with E-state index in [4.69, 9.17) is 10.4 Å². The number of carboxylic acid groups (broad SMARTS) is 1. The second-order valence-electron chi connectivity index (χ2n) is 4.71. The van der Waals surface area contributed by atoms with Crippen LogP contribution in [-0.2, 0) is 16.0 Å². The van der Waals surface area contributed by atoms with Crippen LogP contribution in [0.1, 0.15) is 19.4 Å². The van der Waals surface area contributed by atoms with E-state index in [2.05, 4.69) is 10.6 Å². The van der Waals surface area contributed by atoms with E-state index in [0.717, 1.165) is 0 Å². The van der Waals surface area contributed by atoms with Gasteiger partial charge >= 0.3 is 5.97 Å². The van der Waals surface area contributed by atoms with Crippen molar-refractivity contribution in [1.29, 1.82) is 5.26 Å². The highest BCUT2D eigenvalue weighted by atomic mass is 16.4. The Kier molecular flexibility index (Phi) is 5.96. The molecule has 0 aliphatic heterocycles. The Morgan fingerprint density at radius 3 is 2.43 bits per heavy atom. The smallest absolute Gasteiger partial charge is 0.307 e. The third-order valence-electron chi connectivity index (χ3n) is 2.48. The summed E-state index contributed by atoms with van der Waals surface area (Å²) < 4.78 is 0. The highest BCUT2D eigenvalue weighted by Gasteiger charge is 2.09. The van der Waals surface area contributed by atoms with E-state index in [9.17, 15) is 9.59 Å². The maximum absolute atomic E-state index is 11.7. The SMILES string of the molecule is CC(C)NC(=O)/C(C#N)=C\Nc1ccc(CC(=O)O)cc1. The molecule has 21 heavy (non-hydrogen) atoms. The van der Waals surface area contributed by atoms with Gasteiger partial charge < -0.3 is 15.7 Å². The van der Waals surface area contributed by atoms with Gasteiger partial charge in [0.25, 0.3) is 5.91 Å². The van der Waals surface area contributed by atoms with Crippen LogP contribution in [0.5, 0.6) is 0 Å². The Morgan fingerprint density at radius 2 is 1.95 bits per heavy atom. The first-order chi connectivity index (χ1) is 9.92. The van der Waals surface area contributed by atoms with Crippen molar-refractivity contribution in [2.45, 2.75) is 26.3 Å². The van der Waals surface area contributed by atoms with Crippen molar-refractivity contribution in [2.24, 2.45) is 0 Å². The molecule has 3 N–H and O–H groups in total. The largest absolute Gasteiger partial charge is 0.481 e. The lowest BCUT2D eigenvalue weighted by molar-refractivity contribution is -0.136. The fourth-order valence-corrected chi connectivity index (χ4v) is 1.54. The quantitative estimate of drug-likeness (QED) is 0.545. The lowest BCUT2D eigenvalue weighted by Crippen LogP contribution is -2.31. The maximum atomic E-state index is 11.7. The Morgan fingerprint density at radius 1 is 1.33 bits per heavy atom. The van der Waals surface area contributed by atoms with Crippen LogP contribution in [0.3, 0.4) is 0 Å². The fourth-order valence-electron chi connectivity index (χ4n) is 1.54. The van der Waals surface area contributed by atoms with Gasteiger partial charge in [0.05, 0.1) is 6.42 Å². The molecule has 0 spiro atoms. The second kappa shape index (κ2) is 7.70. The summed E-state index contributed by atoms with van der Waals surface area (Å²) in [6, 6.07) is 8.48. The first kappa shape index (κ1) is 16.2. The van der Waals surface area contributed by atoms with Crippen molar-refractivity contribution >= 4 is 17.6 Å². The molecule has 0 aliphatic rings. The molecule has 0 aromatic heterocycles. The molecule has 0 fully saturated rings. The summed E-state index contributed by atoms with van der Waals surface area (Å²) in [7, 11) is 0. The van der Waals surface area contributed by atoms with Gasteiger partial charge in [-0.2, -0.15) is 5.26 Å². The number of carbonyl (C=O) groups is 2. The lowest BCUT2D eigenvalue weighted by Gasteiger charge is -2.07. The number of rotatable bonds is 6. The molecular formula is C15H17N3O3. The van der Waals surface area contributed by atoms with Crippen LogP contribution in [0.4, 0.5) is 5.69 Å². The van der Waals surface area contributed by atoms with E-state index in [1.165, 1.54) is 6.20 Å². The zero-order chi connectivity index (χ0) is 15.8. The van der Waals surface area contributed by atoms with Gasteiger partial charge in [-0.1, -0.05) is 12.1 Å². The van der Waals surface area contributed by atoms with Crippen molar-refractivity contribution < 1.29 is 14.7 Å². The minimum Gasteiger partial charge on any atom is -0.481 e. The van der Waals surface area contributed by atoms with E-state index in [1.807, 2.05) is 19.9 Å². The van der Waals surface area contributed by atoms with Crippen molar-refractivity contribution in [3.05, 3.63) is 41.6 Å². The summed E-state index contributed by atoms with van der Waals surface area (Å²) in [6.07, 6.45) is 1.28. The van der Waals surface area contributed by atoms with Crippen molar-refractivity contribution in [3.8, 4) is 6.07 Å². The van der Waals surface area contributed by atoms with Gasteiger partial charge in [-0.25, -0.2) is 0 Å². The number of aliphatic carboxylic acids is 1. The Balaban J connectivity index is 2.71. The molecule has 0 heterocycles. The van der Waals surface area contributed by atoms with E-state index in [1.54, 1.807) is 24.3 Å². The molecule has 6 heteroatoms. The summed E-state index contributed by atoms with van der Waals surface area (Å²) in [4.78, 5) is 22.2. The van der Waals surface area contributed by atoms with E-state index >= 15 is 0 Å². The molecule has 6 nitrogen and oxygen atoms in total. The number of hydrogen-bond acceptors (Lipinski definition) is 4. The lowest BCUT2D eigenvalue weighted by atomic mass is 10.1. The number of carbonyl (C=O) groups excluding carboxylic acids is 1. The Bertz CT molecular complexity index is 583. The Labute approximate surface area is 123 Å². The predicted octanol–water partition coefficient (Wildman–Crippen LogP) is 1.66. The van der Waals surface area contributed by atoms with Crippen LogP contribution in [0.25, 0.3) is 0 Å². The number of nitriles is 1. The number of nitrogens with zero attached hydrogens (tertiary/aromatic N) is 1. The monoisotopic (exact) mass is 287 g/mol. The van der Waals surface area contributed by atoms with E-state index < -0.39 is 11.9 Å². The minimum atomic E-state index is -0.896. The molecule has 0 saturated carbocycles. The summed E-state index contributed by atoms with van der Waals surface area (Å²) in [5, 5.41) is 23.1. The van der Waals surface area contributed by atoms with Crippen LogP contribution in [-0.4, -0.2) is 23.0 Å². The topological polar surface area (TPSA) is 102 Å². The van der Waals surface area contributed by atoms with Crippen LogP contribution >= 0.6 is 0 Å². The first-order valence-corrected chi connectivity index (χ1v) is 6.40. The summed E-state index contributed by atoms with van der Waals surface area (Å²) in [5.41, 5.74) is 1.31. The number of anilines is 1. The predicted molar refractivity (Wildman–Crippen MR) is 78.4 cm³/mol. The molecule has 1 amide bonds. The van der Waals surface area contributed by atoms with Crippen molar-refractivity contribution in [1.82, 2.24) is 5.32 Å². The molecule has 0 radical (unpaired) electrons. The molecule has 0 atom stereocenters. The van der Waals surface area contributed by atoms with Crippen molar-refractivity contribution in [3.63, 3.8) is 0 Å². The number of amides is 1. The molecule has 0 aliphatic carbocycles. The summed E-state index contributed by atoms with van der Waals surface area (Å²) in [6.45, 7) is 3.61. The molecule has 1 aromatic carbocycles. The summed E-state index contributed by atoms with van der Waals surface area (Å²) >= 11 is 0. The van der Waals surface area contributed by atoms with Gasteiger partial charge in [0.1, 0.15) is 11.6 Å². The van der Waals surface area contributed by atoms with Gasteiger partial charge in [-0.3, -0.25) is 9.59 Å². The standard InChI is InChI=1S/C15H17N3O3/c1-10(2)18-15(21)12(8-16)9-17-13-5-3-11(4-6-13)7-14(19)20/h3-6,9-10,17H,7H2,1-2H3,(H,18,21)(H,19,20)/b12-9-. The van der Waals surface area contributed by atoms with Gasteiger partial charge in [0.15, 0.2) is 0 Å². The van der Waals surface area contributed by atoms with Gasteiger partial charge in [-0.05, 0) is 31.5 Å². The van der Waals surface area contributed by atoms with Crippen LogP contribution in [0, 0.1) is 11.3 Å². The average molecular weight is 287 g/mol. The molecule has 1 aromatic rings. The van der Waals surface area contributed by atoms with Crippen LogP contribution < -0.4 is 10.6 Å².